The minimum Gasteiger partial charge on any atom is -0.365 e. The number of urea groups is 1. The van der Waals surface area contributed by atoms with Crippen molar-refractivity contribution in [3.63, 3.8) is 0 Å². The van der Waals surface area contributed by atoms with Crippen LogP contribution in [0.4, 0.5) is 16.2 Å². The zero-order valence-electron chi connectivity index (χ0n) is 27.1. The van der Waals surface area contributed by atoms with Crippen LogP contribution < -0.4 is 15.1 Å². The van der Waals surface area contributed by atoms with Crippen molar-refractivity contribution >= 4 is 65.9 Å². The van der Waals surface area contributed by atoms with E-state index in [2.05, 4.69) is 33.3 Å². The third-order valence-corrected chi connectivity index (χ3v) is 12.1. The lowest BCUT2D eigenvalue weighted by atomic mass is 10.0. The van der Waals surface area contributed by atoms with E-state index in [0.717, 1.165) is 60.7 Å². The number of thioether (sulfide) groups is 1. The topological polar surface area (TPSA) is 120 Å². The number of nitrogens with one attached hydrogen (secondary N) is 1. The molecular weight excluding hydrogens is 694 g/mol. The highest BCUT2D eigenvalue weighted by Crippen LogP contribution is 2.41. The zero-order chi connectivity index (χ0) is 33.8. The summed E-state index contributed by atoms with van der Waals surface area (Å²) in [6.07, 6.45) is 5.61. The van der Waals surface area contributed by atoms with E-state index >= 15 is 0 Å². The van der Waals surface area contributed by atoms with E-state index in [0.29, 0.717) is 61.9 Å². The molecule has 262 valence electrons. The van der Waals surface area contributed by atoms with Gasteiger partial charge in [-0.3, -0.25) is 19.2 Å². The van der Waals surface area contributed by atoms with Gasteiger partial charge in [-0.1, -0.05) is 41.8 Å². The fourth-order valence-corrected chi connectivity index (χ4v) is 9.38. The Kier molecular flexibility index (Phi) is 11.9. The van der Waals surface area contributed by atoms with Crippen molar-refractivity contribution in [2.24, 2.45) is 0 Å². The Morgan fingerprint density at radius 1 is 0.917 bits per heavy atom. The number of amides is 3. The number of para-hydroxylation sites is 2. The molecule has 11 nitrogen and oxygen atoms in total. The first-order valence-corrected chi connectivity index (χ1v) is 20.5. The van der Waals surface area contributed by atoms with E-state index in [1.165, 1.54) is 18.5 Å². The number of anilines is 2. The van der Waals surface area contributed by atoms with Crippen molar-refractivity contribution in [2.45, 2.75) is 57.2 Å². The third-order valence-electron chi connectivity index (χ3n) is 9.59. The number of rotatable bonds is 12. The number of unbranched alkanes of at least 4 members (excludes halogenated alkanes) is 2. The minimum absolute atomic E-state index is 0.141. The van der Waals surface area contributed by atoms with Gasteiger partial charge < -0.3 is 29.8 Å². The summed E-state index contributed by atoms with van der Waals surface area (Å²) in [6.45, 7) is 4.48. The molecule has 1 saturated carbocycles. The highest BCUT2D eigenvalue weighted by atomic mass is 35.5. The van der Waals surface area contributed by atoms with Gasteiger partial charge in [0.1, 0.15) is 6.29 Å². The van der Waals surface area contributed by atoms with Crippen LogP contribution in [0.2, 0.25) is 10.0 Å². The molecule has 2 aromatic rings. The average Bonchev–Trinajstić information content (AvgIpc) is 3.80. The Labute approximate surface area is 297 Å². The largest absolute Gasteiger partial charge is 0.365 e. The smallest absolute Gasteiger partial charge is 0.339 e. The van der Waals surface area contributed by atoms with E-state index in [9.17, 15) is 14.2 Å². The van der Waals surface area contributed by atoms with E-state index in [1.54, 1.807) is 21.6 Å². The first-order valence-electron chi connectivity index (χ1n) is 16.8. The Balaban J connectivity index is 0.948. The highest BCUT2D eigenvalue weighted by molar-refractivity contribution is 7.99. The summed E-state index contributed by atoms with van der Waals surface area (Å²) in [4.78, 5) is 54.8. The molecule has 15 heteroatoms. The second-order valence-corrected chi connectivity index (χ2v) is 16.6. The van der Waals surface area contributed by atoms with Crippen molar-refractivity contribution < 1.29 is 23.9 Å². The molecule has 0 aromatic heterocycles. The molecule has 3 aliphatic heterocycles. The number of piperazine rings is 1. The SMILES string of the molecule is O=C(NCCCCCc1cc(Cl)c(CN2CSCC2C(=O)N2CCN(C3CC3)c3ccccc32)cc1Cl)N1CCN(CP(=O)(O)O)CC1. The maximum absolute atomic E-state index is 14.0. The molecule has 0 spiro atoms. The summed E-state index contributed by atoms with van der Waals surface area (Å²) >= 11 is 15.3. The van der Waals surface area contributed by atoms with E-state index in [-0.39, 0.29) is 24.3 Å². The van der Waals surface area contributed by atoms with Gasteiger partial charge in [0.15, 0.2) is 0 Å². The van der Waals surface area contributed by atoms with Crippen LogP contribution in [-0.2, 0) is 22.3 Å². The molecule has 1 atom stereocenters. The second-order valence-electron chi connectivity index (χ2n) is 13.2. The lowest BCUT2D eigenvalue weighted by Gasteiger charge is -2.39. The molecular formula is C33H45Cl2N6O5PS. The van der Waals surface area contributed by atoms with E-state index in [1.807, 2.05) is 23.1 Å². The predicted molar refractivity (Wildman–Crippen MR) is 193 cm³/mol. The van der Waals surface area contributed by atoms with Crippen molar-refractivity contribution in [3.05, 3.63) is 57.6 Å². The molecule has 6 rings (SSSR count). The Hall–Kier alpha value is -2.02. The number of hydrogen-bond donors (Lipinski definition) is 3. The van der Waals surface area contributed by atoms with Crippen LogP contribution in [0.1, 0.15) is 43.2 Å². The molecule has 3 amide bonds. The number of fused-ring (bicyclic) bond motifs is 1. The van der Waals surface area contributed by atoms with Crippen molar-refractivity contribution in [3.8, 4) is 0 Å². The molecule has 1 aliphatic carbocycles. The molecule has 48 heavy (non-hydrogen) atoms. The molecule has 2 aromatic carbocycles. The Morgan fingerprint density at radius 3 is 2.35 bits per heavy atom. The van der Waals surface area contributed by atoms with Gasteiger partial charge in [0.25, 0.3) is 0 Å². The molecule has 0 bridgehead atoms. The number of carbonyl (C=O) groups excluding carboxylic acids is 2. The fraction of sp³-hybridized carbons (Fsp3) is 0.576. The summed E-state index contributed by atoms with van der Waals surface area (Å²) in [5, 5.41) is 4.30. The number of nitrogens with zero attached hydrogens (tertiary/aromatic N) is 5. The highest BCUT2D eigenvalue weighted by Gasteiger charge is 2.40. The summed E-state index contributed by atoms with van der Waals surface area (Å²) in [7, 11) is -4.09. The maximum Gasteiger partial charge on any atom is 0.339 e. The average molecular weight is 740 g/mol. The third kappa shape index (κ3) is 9.01. The van der Waals surface area contributed by atoms with Crippen molar-refractivity contribution in [2.75, 3.05) is 73.5 Å². The van der Waals surface area contributed by atoms with Gasteiger partial charge >= 0.3 is 13.6 Å². The molecule has 3 heterocycles. The van der Waals surface area contributed by atoms with Crippen LogP contribution in [0.5, 0.6) is 0 Å². The minimum atomic E-state index is -4.09. The Morgan fingerprint density at radius 2 is 1.62 bits per heavy atom. The quantitative estimate of drug-likeness (QED) is 0.203. The van der Waals surface area contributed by atoms with Gasteiger partial charge in [0, 0.05) is 80.1 Å². The molecule has 3 N–H and O–H groups in total. The zero-order valence-corrected chi connectivity index (χ0v) is 30.3. The van der Waals surface area contributed by atoms with Crippen LogP contribution in [0.3, 0.4) is 0 Å². The molecule has 3 fully saturated rings. The monoisotopic (exact) mass is 738 g/mol. The maximum atomic E-state index is 14.0. The Bertz CT molecular complexity index is 1520. The summed E-state index contributed by atoms with van der Waals surface area (Å²) in [5.41, 5.74) is 4.11. The number of hydrogen-bond acceptors (Lipinski definition) is 7. The van der Waals surface area contributed by atoms with Gasteiger partial charge in [-0.05, 0) is 67.5 Å². The molecule has 1 unspecified atom stereocenters. The first kappa shape index (κ1) is 35.8. The predicted octanol–water partition coefficient (Wildman–Crippen LogP) is 5.06. The van der Waals surface area contributed by atoms with Crippen LogP contribution in [0.15, 0.2) is 36.4 Å². The number of halogens is 2. The molecule has 4 aliphatic rings. The second kappa shape index (κ2) is 15.9. The lowest BCUT2D eigenvalue weighted by Crippen LogP contribution is -2.52. The van der Waals surface area contributed by atoms with E-state index in [4.69, 9.17) is 33.0 Å². The van der Waals surface area contributed by atoms with Crippen LogP contribution >= 0.6 is 42.6 Å². The fourth-order valence-electron chi connectivity index (χ4n) is 6.86. The van der Waals surface area contributed by atoms with Gasteiger partial charge in [-0.25, -0.2) is 4.79 Å². The van der Waals surface area contributed by atoms with E-state index < -0.39 is 7.60 Å². The normalized spacial score (nSPS) is 20.7. The first-order chi connectivity index (χ1) is 23.1. The molecule has 0 radical (unpaired) electrons. The standard InChI is InChI=1S/C33H45Cl2N6O5PS/c34-27-19-25(20-39-23-48-21-31(39)32(42)41-17-16-40(26-9-10-26)29-7-3-4-8-30(29)41)28(35)18-24(27)6-2-1-5-11-36-33(43)38-14-12-37(13-15-38)22-47(44,45)46/h3-4,7-8,18-19,26,31H,1-2,5-6,9-17,20-23H2,(H,36,43)(H2,44,45,46). The van der Waals surface area contributed by atoms with Gasteiger partial charge in [0.05, 0.1) is 17.4 Å². The number of benzene rings is 2. The number of aryl methyl sites for hydroxylation is 1. The number of carbonyl (C=O) groups is 2. The van der Waals surface area contributed by atoms with Crippen molar-refractivity contribution in [1.29, 1.82) is 0 Å². The van der Waals surface area contributed by atoms with Gasteiger partial charge in [-0.2, -0.15) is 0 Å². The lowest BCUT2D eigenvalue weighted by molar-refractivity contribution is -0.122. The van der Waals surface area contributed by atoms with Crippen LogP contribution in [-0.4, -0.2) is 112 Å². The van der Waals surface area contributed by atoms with Crippen molar-refractivity contribution in [1.82, 2.24) is 20.0 Å². The van der Waals surface area contributed by atoms with Gasteiger partial charge in [-0.15, -0.1) is 11.8 Å². The summed E-state index contributed by atoms with van der Waals surface area (Å²) in [6, 6.07) is 12.5. The summed E-state index contributed by atoms with van der Waals surface area (Å²) < 4.78 is 11.2. The summed E-state index contributed by atoms with van der Waals surface area (Å²) in [5.74, 6) is 1.67. The van der Waals surface area contributed by atoms with Crippen LogP contribution in [0, 0.1) is 0 Å². The molecule has 2 saturated heterocycles. The van der Waals surface area contributed by atoms with Gasteiger partial charge in [0.2, 0.25) is 5.91 Å². The van der Waals surface area contributed by atoms with Crippen LogP contribution in [0.25, 0.3) is 0 Å².